The van der Waals surface area contributed by atoms with E-state index >= 15 is 0 Å². The van der Waals surface area contributed by atoms with Crippen molar-refractivity contribution in [1.82, 2.24) is 5.32 Å². The first-order valence-corrected chi connectivity index (χ1v) is 6.71. The van der Waals surface area contributed by atoms with Crippen LogP contribution in [0.5, 0.6) is 0 Å². The van der Waals surface area contributed by atoms with Crippen LogP contribution in [-0.2, 0) is 11.3 Å². The molecule has 1 unspecified atom stereocenters. The van der Waals surface area contributed by atoms with E-state index in [1.807, 2.05) is 6.92 Å². The van der Waals surface area contributed by atoms with Gasteiger partial charge in [-0.2, -0.15) is 0 Å². The first-order valence-electron chi connectivity index (χ1n) is 4.30. The molecule has 0 amide bonds. The predicted octanol–water partition coefficient (Wildman–Crippen LogP) is 3.40. The summed E-state index contributed by atoms with van der Waals surface area (Å²) in [5.74, 6) is 0. The van der Waals surface area contributed by atoms with Crippen LogP contribution in [0, 0.1) is 0 Å². The molecule has 0 spiro atoms. The van der Waals surface area contributed by atoms with E-state index in [2.05, 4.69) is 43.2 Å². The summed E-state index contributed by atoms with van der Waals surface area (Å²) in [6.07, 6.45) is 0.266. The minimum Gasteiger partial charge on any atom is -0.380 e. The highest BCUT2D eigenvalue weighted by Gasteiger charge is 2.04. The molecule has 0 aliphatic carbocycles. The summed E-state index contributed by atoms with van der Waals surface area (Å²) in [6.45, 7) is 3.82. The summed E-state index contributed by atoms with van der Waals surface area (Å²) < 4.78 is 7.41. The highest BCUT2D eigenvalue weighted by atomic mass is 79.9. The van der Waals surface area contributed by atoms with Gasteiger partial charge >= 0.3 is 0 Å². The molecule has 0 aliphatic rings. The van der Waals surface area contributed by atoms with Crippen LogP contribution in [0.3, 0.4) is 0 Å². The normalized spacial score (nSPS) is 13.1. The monoisotopic (exact) mass is 341 g/mol. The Bertz CT molecular complexity index is 271. The van der Waals surface area contributed by atoms with Gasteiger partial charge in [-0.05, 0) is 44.8 Å². The van der Waals surface area contributed by atoms with Crippen LogP contribution in [0.1, 0.15) is 11.8 Å². The average Bonchev–Trinajstić information content (AvgIpc) is 2.46. The molecule has 0 radical (unpaired) electrons. The van der Waals surface area contributed by atoms with Gasteiger partial charge in [0.25, 0.3) is 0 Å². The quantitative estimate of drug-likeness (QED) is 0.885. The van der Waals surface area contributed by atoms with Gasteiger partial charge in [0.2, 0.25) is 0 Å². The van der Waals surface area contributed by atoms with E-state index < -0.39 is 0 Å². The van der Waals surface area contributed by atoms with Gasteiger partial charge in [0, 0.05) is 29.5 Å². The van der Waals surface area contributed by atoms with Crippen LogP contribution in [0.2, 0.25) is 0 Å². The SMILES string of the molecule is COC(C)CNCc1cc(Br)c(Br)s1. The number of ether oxygens (including phenoxy) is 1. The number of nitrogens with one attached hydrogen (secondary N) is 1. The van der Waals surface area contributed by atoms with Crippen LogP contribution < -0.4 is 5.32 Å². The average molecular weight is 343 g/mol. The van der Waals surface area contributed by atoms with Crippen molar-refractivity contribution in [2.24, 2.45) is 0 Å². The van der Waals surface area contributed by atoms with E-state index in [1.54, 1.807) is 18.4 Å². The summed E-state index contributed by atoms with van der Waals surface area (Å²) in [5.41, 5.74) is 0. The van der Waals surface area contributed by atoms with Gasteiger partial charge in [0.1, 0.15) is 0 Å². The Morgan fingerprint density at radius 2 is 2.29 bits per heavy atom. The molecular weight excluding hydrogens is 330 g/mol. The zero-order valence-corrected chi connectivity index (χ0v) is 12.1. The topological polar surface area (TPSA) is 21.3 Å². The first kappa shape index (κ1) is 12.6. The highest BCUT2D eigenvalue weighted by Crippen LogP contribution is 2.32. The number of halogens is 2. The first-order chi connectivity index (χ1) is 6.63. The lowest BCUT2D eigenvalue weighted by Gasteiger charge is -2.09. The van der Waals surface area contributed by atoms with E-state index in [-0.39, 0.29) is 6.10 Å². The van der Waals surface area contributed by atoms with Crippen LogP contribution in [0.15, 0.2) is 14.3 Å². The molecule has 0 saturated carbocycles. The van der Waals surface area contributed by atoms with Crippen molar-refractivity contribution in [1.29, 1.82) is 0 Å². The third-order valence-corrected chi connectivity index (χ3v) is 5.09. The van der Waals surface area contributed by atoms with Gasteiger partial charge in [0.15, 0.2) is 0 Å². The molecule has 1 aromatic rings. The molecule has 0 aliphatic heterocycles. The van der Waals surface area contributed by atoms with Gasteiger partial charge in [0.05, 0.1) is 9.89 Å². The van der Waals surface area contributed by atoms with E-state index in [0.29, 0.717) is 0 Å². The van der Waals surface area contributed by atoms with Crippen molar-refractivity contribution in [2.45, 2.75) is 19.6 Å². The Kier molecular flexibility index (Phi) is 5.62. The number of hydrogen-bond acceptors (Lipinski definition) is 3. The summed E-state index contributed by atoms with van der Waals surface area (Å²) >= 11 is 8.67. The molecule has 0 aromatic carbocycles. The second-order valence-corrected chi connectivity index (χ2v) is 6.32. The van der Waals surface area contributed by atoms with Gasteiger partial charge in [-0.15, -0.1) is 11.3 Å². The summed E-state index contributed by atoms with van der Waals surface area (Å²) in [5, 5.41) is 3.34. The molecule has 5 heteroatoms. The zero-order chi connectivity index (χ0) is 10.6. The van der Waals surface area contributed by atoms with Crippen molar-refractivity contribution < 1.29 is 4.74 Å². The molecule has 0 bridgehead atoms. The van der Waals surface area contributed by atoms with Crippen molar-refractivity contribution in [3.05, 3.63) is 19.2 Å². The summed E-state index contributed by atoms with van der Waals surface area (Å²) in [6, 6.07) is 2.12. The van der Waals surface area contributed by atoms with E-state index in [0.717, 1.165) is 21.3 Å². The minimum absolute atomic E-state index is 0.266. The van der Waals surface area contributed by atoms with Crippen molar-refractivity contribution in [3.8, 4) is 0 Å². The second kappa shape index (κ2) is 6.23. The highest BCUT2D eigenvalue weighted by molar-refractivity contribution is 9.13. The summed E-state index contributed by atoms with van der Waals surface area (Å²) in [7, 11) is 1.73. The van der Waals surface area contributed by atoms with Crippen LogP contribution in [0.25, 0.3) is 0 Å². The molecule has 14 heavy (non-hydrogen) atoms. The lowest BCUT2D eigenvalue weighted by molar-refractivity contribution is 0.117. The molecule has 1 N–H and O–H groups in total. The largest absolute Gasteiger partial charge is 0.380 e. The lowest BCUT2D eigenvalue weighted by atomic mass is 10.4. The fourth-order valence-electron chi connectivity index (χ4n) is 0.960. The summed E-state index contributed by atoms with van der Waals surface area (Å²) in [4.78, 5) is 1.31. The number of hydrogen-bond donors (Lipinski definition) is 1. The van der Waals surface area contributed by atoms with Crippen molar-refractivity contribution >= 4 is 43.2 Å². The fourth-order valence-corrected chi connectivity index (χ4v) is 3.11. The number of thiophene rings is 1. The second-order valence-electron chi connectivity index (χ2n) is 3.01. The van der Waals surface area contributed by atoms with Gasteiger partial charge in [-0.25, -0.2) is 0 Å². The maximum absolute atomic E-state index is 5.14. The van der Waals surface area contributed by atoms with Gasteiger partial charge < -0.3 is 10.1 Å². The van der Waals surface area contributed by atoms with Crippen LogP contribution in [0.4, 0.5) is 0 Å². The zero-order valence-electron chi connectivity index (χ0n) is 8.14. The van der Waals surface area contributed by atoms with Crippen molar-refractivity contribution in [2.75, 3.05) is 13.7 Å². The third-order valence-electron chi connectivity index (χ3n) is 1.83. The molecular formula is C9H13Br2NOS. The minimum atomic E-state index is 0.266. The number of rotatable bonds is 5. The van der Waals surface area contributed by atoms with Crippen LogP contribution >= 0.6 is 43.2 Å². The van der Waals surface area contributed by atoms with Gasteiger partial charge in [-0.1, -0.05) is 0 Å². The smallest absolute Gasteiger partial charge is 0.0843 e. The maximum atomic E-state index is 5.14. The Morgan fingerprint density at radius 3 is 2.79 bits per heavy atom. The lowest BCUT2D eigenvalue weighted by Crippen LogP contribution is -2.25. The molecule has 2 nitrogen and oxygen atoms in total. The van der Waals surface area contributed by atoms with E-state index in [1.165, 1.54) is 4.88 Å². The molecule has 1 aromatic heterocycles. The molecule has 0 fully saturated rings. The molecule has 1 heterocycles. The standard InChI is InChI=1S/C9H13Br2NOS/c1-6(13-2)4-12-5-7-3-8(10)9(11)14-7/h3,6,12H,4-5H2,1-2H3. The third kappa shape index (κ3) is 3.98. The molecule has 1 atom stereocenters. The number of methoxy groups -OCH3 is 1. The van der Waals surface area contributed by atoms with E-state index in [4.69, 9.17) is 4.74 Å². The van der Waals surface area contributed by atoms with Crippen LogP contribution in [-0.4, -0.2) is 19.8 Å². The predicted molar refractivity (Wildman–Crippen MR) is 67.9 cm³/mol. The van der Waals surface area contributed by atoms with E-state index in [9.17, 15) is 0 Å². The molecule has 1 rings (SSSR count). The Hall–Kier alpha value is 0.580. The van der Waals surface area contributed by atoms with Gasteiger partial charge in [-0.3, -0.25) is 0 Å². The molecule has 80 valence electrons. The Balaban J connectivity index is 2.31. The molecule has 0 saturated heterocycles. The Morgan fingerprint density at radius 1 is 1.57 bits per heavy atom. The maximum Gasteiger partial charge on any atom is 0.0843 e. The Labute approximate surface area is 105 Å². The van der Waals surface area contributed by atoms with Crippen molar-refractivity contribution in [3.63, 3.8) is 0 Å². The fraction of sp³-hybridized carbons (Fsp3) is 0.556.